The van der Waals surface area contributed by atoms with Crippen molar-refractivity contribution in [2.75, 3.05) is 6.54 Å². The van der Waals surface area contributed by atoms with Crippen molar-refractivity contribution in [1.29, 1.82) is 5.26 Å². The molecule has 3 N–H and O–H groups in total. The molecule has 2 heterocycles. The second kappa shape index (κ2) is 6.82. The van der Waals surface area contributed by atoms with Crippen molar-refractivity contribution in [1.82, 2.24) is 4.98 Å². The quantitative estimate of drug-likeness (QED) is 0.675. The first-order valence-electron chi connectivity index (χ1n) is 9.87. The molecule has 3 aromatic rings. The van der Waals surface area contributed by atoms with Gasteiger partial charge in [0.05, 0.1) is 16.7 Å². The monoisotopic (exact) mass is 417 g/mol. The molecule has 4 atom stereocenters. The summed E-state index contributed by atoms with van der Waals surface area (Å²) in [5, 5.41) is 22.0. The number of nitrogens with two attached hydrogens (primary N) is 1. The van der Waals surface area contributed by atoms with Gasteiger partial charge in [0.25, 0.3) is 0 Å². The Morgan fingerprint density at radius 2 is 1.93 bits per heavy atom. The smallest absolute Gasteiger partial charge is 0.175 e. The number of aliphatic hydroxyl groups is 1. The lowest BCUT2D eigenvalue weighted by Crippen LogP contribution is -2.51. The lowest BCUT2D eigenvalue weighted by atomic mass is 9.71. The summed E-state index contributed by atoms with van der Waals surface area (Å²) >= 11 is 6.20. The van der Waals surface area contributed by atoms with E-state index >= 15 is 0 Å². The van der Waals surface area contributed by atoms with Crippen LogP contribution in [0.15, 0.2) is 66.9 Å². The largest absolute Gasteiger partial charge is 0.476 e. The predicted molar refractivity (Wildman–Crippen MR) is 113 cm³/mol. The Balaban J connectivity index is 1.80. The van der Waals surface area contributed by atoms with Crippen LogP contribution in [0.4, 0.5) is 0 Å². The molecule has 0 saturated heterocycles. The number of halogens is 1. The van der Waals surface area contributed by atoms with E-state index in [2.05, 4.69) is 11.1 Å². The van der Waals surface area contributed by atoms with Gasteiger partial charge in [-0.05, 0) is 36.2 Å². The summed E-state index contributed by atoms with van der Waals surface area (Å²) in [6.45, 7) is 0.283. The Labute approximate surface area is 179 Å². The van der Waals surface area contributed by atoms with Gasteiger partial charge in [0.1, 0.15) is 11.4 Å². The van der Waals surface area contributed by atoms with Crippen LogP contribution in [0.1, 0.15) is 34.7 Å². The highest BCUT2D eigenvalue weighted by atomic mass is 35.5. The molecule has 150 valence electrons. The van der Waals surface area contributed by atoms with E-state index in [1.54, 1.807) is 18.2 Å². The van der Waals surface area contributed by atoms with Gasteiger partial charge in [-0.2, -0.15) is 5.26 Å². The predicted octanol–water partition coefficient (Wildman–Crippen LogP) is 3.84. The van der Waals surface area contributed by atoms with E-state index in [0.29, 0.717) is 28.5 Å². The number of hydrogen-bond acceptors (Lipinski definition) is 5. The molecule has 1 fully saturated rings. The third-order valence-electron chi connectivity index (χ3n) is 6.55. The number of benzene rings is 2. The van der Waals surface area contributed by atoms with Gasteiger partial charge in [0, 0.05) is 24.1 Å². The van der Waals surface area contributed by atoms with Crippen molar-refractivity contribution in [3.63, 3.8) is 0 Å². The number of fused-ring (bicyclic) bond motifs is 3. The number of rotatable bonds is 3. The average molecular weight is 418 g/mol. The third-order valence-corrected chi connectivity index (χ3v) is 6.76. The average Bonchev–Trinajstić information content (AvgIpc) is 3.18. The number of nitriles is 1. The lowest BCUT2D eigenvalue weighted by molar-refractivity contribution is -0.127. The molecule has 30 heavy (non-hydrogen) atoms. The minimum absolute atomic E-state index is 0.168. The van der Waals surface area contributed by atoms with Crippen LogP contribution in [-0.4, -0.2) is 16.6 Å². The van der Waals surface area contributed by atoms with Crippen molar-refractivity contribution in [2.24, 2.45) is 11.7 Å². The second-order valence-corrected chi connectivity index (χ2v) is 8.36. The van der Waals surface area contributed by atoms with Crippen LogP contribution in [0.2, 0.25) is 5.02 Å². The van der Waals surface area contributed by atoms with Crippen molar-refractivity contribution in [3.8, 4) is 11.8 Å². The first-order chi connectivity index (χ1) is 14.5. The lowest BCUT2D eigenvalue weighted by Gasteiger charge is -2.41. The molecule has 0 amide bonds. The van der Waals surface area contributed by atoms with Crippen LogP contribution in [-0.2, 0) is 11.2 Å². The number of pyridine rings is 1. The first-order valence-corrected chi connectivity index (χ1v) is 10.3. The molecule has 5 nitrogen and oxygen atoms in total. The van der Waals surface area contributed by atoms with Crippen molar-refractivity contribution < 1.29 is 9.84 Å². The maximum Gasteiger partial charge on any atom is 0.175 e. The molecule has 0 bridgehead atoms. The summed E-state index contributed by atoms with van der Waals surface area (Å²) in [5.74, 6) is 0.0277. The highest BCUT2D eigenvalue weighted by molar-refractivity contribution is 6.30. The van der Waals surface area contributed by atoms with Crippen LogP contribution in [0, 0.1) is 17.2 Å². The SMILES string of the molecule is N#Cc1ccc(C23Oc4cc(Cl)cnc4C2(O)C(CN)CC3c2ccccc2)cc1. The normalized spacial score (nSPS) is 29.0. The Bertz CT molecular complexity index is 1150. The Morgan fingerprint density at radius 1 is 1.20 bits per heavy atom. The summed E-state index contributed by atoms with van der Waals surface area (Å²) in [6.07, 6.45) is 2.17. The van der Waals surface area contributed by atoms with Gasteiger partial charge in [-0.15, -0.1) is 0 Å². The number of ether oxygens (including phenoxy) is 1. The first kappa shape index (κ1) is 19.1. The van der Waals surface area contributed by atoms with E-state index in [1.165, 1.54) is 6.20 Å². The van der Waals surface area contributed by atoms with E-state index in [-0.39, 0.29) is 18.4 Å². The van der Waals surface area contributed by atoms with Gasteiger partial charge < -0.3 is 15.6 Å². The van der Waals surface area contributed by atoms with Crippen molar-refractivity contribution in [2.45, 2.75) is 23.5 Å². The second-order valence-electron chi connectivity index (χ2n) is 7.93. The van der Waals surface area contributed by atoms with Gasteiger partial charge in [-0.3, -0.25) is 4.98 Å². The standard InChI is InChI=1S/C24H20ClN3O2/c25-19-11-21-22(28-14-19)23(29)18(13-27)10-20(16-4-2-1-3-5-16)24(23,30-21)17-8-6-15(12-26)7-9-17/h1-9,11,14,18,20,29H,10,13,27H2. The summed E-state index contributed by atoms with van der Waals surface area (Å²) in [6, 6.07) is 21.0. The van der Waals surface area contributed by atoms with Crippen molar-refractivity contribution in [3.05, 3.63) is 94.3 Å². The minimum atomic E-state index is -1.43. The molecule has 2 aliphatic rings. The molecule has 5 rings (SSSR count). The van der Waals surface area contributed by atoms with E-state index in [4.69, 9.17) is 22.1 Å². The molecule has 2 aromatic carbocycles. The minimum Gasteiger partial charge on any atom is -0.476 e. The molecule has 1 aliphatic carbocycles. The van der Waals surface area contributed by atoms with Crippen LogP contribution < -0.4 is 10.5 Å². The molecular weight excluding hydrogens is 398 g/mol. The summed E-state index contributed by atoms with van der Waals surface area (Å²) < 4.78 is 6.63. The van der Waals surface area contributed by atoms with E-state index < -0.39 is 11.2 Å². The number of nitrogens with zero attached hydrogens (tertiary/aromatic N) is 2. The third kappa shape index (κ3) is 2.39. The Kier molecular flexibility index (Phi) is 4.33. The molecule has 1 aromatic heterocycles. The fourth-order valence-electron chi connectivity index (χ4n) is 5.26. The topological polar surface area (TPSA) is 92.2 Å². The molecule has 4 unspecified atom stereocenters. The zero-order chi connectivity index (χ0) is 20.9. The van der Waals surface area contributed by atoms with E-state index in [1.807, 2.05) is 42.5 Å². The summed E-state index contributed by atoms with van der Waals surface area (Å²) in [5.41, 5.74) is 6.44. The van der Waals surface area contributed by atoms with Crippen LogP contribution >= 0.6 is 11.6 Å². The van der Waals surface area contributed by atoms with Gasteiger partial charge in [-0.1, -0.05) is 54.1 Å². The zero-order valence-electron chi connectivity index (χ0n) is 16.1. The van der Waals surface area contributed by atoms with E-state index in [9.17, 15) is 10.4 Å². The Hall–Kier alpha value is -2.91. The highest BCUT2D eigenvalue weighted by Crippen LogP contribution is 2.68. The van der Waals surface area contributed by atoms with E-state index in [0.717, 1.165) is 11.1 Å². The summed E-state index contributed by atoms with van der Waals surface area (Å²) in [7, 11) is 0. The van der Waals surface area contributed by atoms with Crippen LogP contribution in [0.5, 0.6) is 5.75 Å². The summed E-state index contributed by atoms with van der Waals surface area (Å²) in [4.78, 5) is 4.49. The van der Waals surface area contributed by atoms with Crippen molar-refractivity contribution >= 4 is 11.6 Å². The molecule has 0 spiro atoms. The zero-order valence-corrected chi connectivity index (χ0v) is 16.9. The molecule has 1 saturated carbocycles. The highest BCUT2D eigenvalue weighted by Gasteiger charge is 2.72. The van der Waals surface area contributed by atoms with Gasteiger partial charge in [-0.25, -0.2) is 0 Å². The van der Waals surface area contributed by atoms with Gasteiger partial charge in [0.2, 0.25) is 0 Å². The maximum absolute atomic E-state index is 12.3. The van der Waals surface area contributed by atoms with Crippen LogP contribution in [0.25, 0.3) is 0 Å². The molecule has 6 heteroatoms. The number of hydrogen-bond donors (Lipinski definition) is 2. The fraction of sp³-hybridized carbons (Fsp3) is 0.250. The fourth-order valence-corrected chi connectivity index (χ4v) is 5.41. The van der Waals surface area contributed by atoms with Gasteiger partial charge in [0.15, 0.2) is 11.2 Å². The van der Waals surface area contributed by atoms with Gasteiger partial charge >= 0.3 is 0 Å². The molecular formula is C24H20ClN3O2. The van der Waals surface area contributed by atoms with Crippen LogP contribution in [0.3, 0.4) is 0 Å². The maximum atomic E-state index is 12.3. The number of aromatic nitrogens is 1. The Morgan fingerprint density at radius 3 is 2.60 bits per heavy atom. The molecule has 0 radical (unpaired) electrons. The molecule has 1 aliphatic heterocycles.